The van der Waals surface area contributed by atoms with E-state index in [1.165, 1.54) is 28.7 Å². The van der Waals surface area contributed by atoms with E-state index in [-0.39, 0.29) is 43.7 Å². The first kappa shape index (κ1) is 33.3. The van der Waals surface area contributed by atoms with E-state index in [1.807, 2.05) is 20.8 Å². The van der Waals surface area contributed by atoms with Gasteiger partial charge in [-0.2, -0.15) is 4.98 Å². The number of nitrogens with zero attached hydrogens (tertiary/aromatic N) is 5. The zero-order valence-corrected chi connectivity index (χ0v) is 26.7. The number of ether oxygens (including phenoxy) is 1. The molecule has 0 atom stereocenters. The average Bonchev–Trinajstić information content (AvgIpc) is 2.86. The van der Waals surface area contributed by atoms with Gasteiger partial charge in [0.25, 0.3) is 0 Å². The number of urea groups is 1. The molecule has 234 valence electrons. The molecule has 2 aromatic rings. The Morgan fingerprint density at radius 1 is 0.884 bits per heavy atom. The van der Waals surface area contributed by atoms with Crippen LogP contribution in [-0.4, -0.2) is 90.9 Å². The number of amides is 4. The normalized spacial score (nSPS) is 14.3. The molecule has 1 aliphatic heterocycles. The Morgan fingerprint density at radius 2 is 1.44 bits per heavy atom. The lowest BCUT2D eigenvalue weighted by Gasteiger charge is -2.48. The minimum absolute atomic E-state index is 0.0499. The second-order valence-corrected chi connectivity index (χ2v) is 13.3. The lowest BCUT2D eigenvalue weighted by molar-refractivity contribution is -0.147. The molecule has 12 nitrogen and oxygen atoms in total. The Balaban J connectivity index is 1.63. The number of piperazine rings is 1. The highest BCUT2D eigenvalue weighted by Gasteiger charge is 2.47. The quantitative estimate of drug-likeness (QED) is 0.535. The van der Waals surface area contributed by atoms with E-state index in [2.05, 4.69) is 10.3 Å². The van der Waals surface area contributed by atoms with Gasteiger partial charge in [-0.25, -0.2) is 14.4 Å². The van der Waals surface area contributed by atoms with Crippen LogP contribution in [0, 0.1) is 0 Å². The number of nitrogens with one attached hydrogen (secondary N) is 1. The molecule has 0 bridgehead atoms. The zero-order chi connectivity index (χ0) is 32.3. The van der Waals surface area contributed by atoms with E-state index in [9.17, 15) is 24.0 Å². The highest BCUT2D eigenvalue weighted by molar-refractivity contribution is 5.91. The van der Waals surface area contributed by atoms with Crippen LogP contribution < -0.4 is 11.0 Å². The molecule has 1 aliphatic rings. The number of carbonyl (C=O) groups excluding carboxylic acids is 4. The van der Waals surface area contributed by atoms with Crippen LogP contribution in [0.25, 0.3) is 5.69 Å². The summed E-state index contributed by atoms with van der Waals surface area (Å²) in [6.45, 7) is 16.9. The van der Waals surface area contributed by atoms with Crippen molar-refractivity contribution in [3.63, 3.8) is 0 Å². The van der Waals surface area contributed by atoms with Crippen molar-refractivity contribution >= 4 is 29.6 Å². The second kappa shape index (κ2) is 12.6. The van der Waals surface area contributed by atoms with Crippen molar-refractivity contribution in [1.82, 2.24) is 24.3 Å². The number of ketones is 1. The Bertz CT molecular complexity index is 1410. The maximum Gasteiger partial charge on any atom is 0.411 e. The molecule has 0 spiro atoms. The summed E-state index contributed by atoms with van der Waals surface area (Å²) in [7, 11) is 0. The fraction of sp³-hybridized carbons (Fsp3) is 0.548. The number of benzene rings is 1. The number of Topliss-reactive ketones (excluding diaryl/α,β-unsaturated/α-hetero) is 1. The molecular formula is C31H44N6O6. The first-order valence-corrected chi connectivity index (χ1v) is 14.4. The molecule has 0 unspecified atom stereocenters. The maximum atomic E-state index is 13.7. The third-order valence-electron chi connectivity index (χ3n) is 6.89. The van der Waals surface area contributed by atoms with Gasteiger partial charge in [-0.3, -0.25) is 24.4 Å². The van der Waals surface area contributed by atoms with E-state index in [4.69, 9.17) is 4.74 Å². The minimum atomic E-state index is -1.20. The molecule has 0 aliphatic carbocycles. The number of hydrogen-bond acceptors (Lipinski definition) is 7. The maximum absolute atomic E-state index is 13.7. The number of carbonyl (C=O) groups is 4. The van der Waals surface area contributed by atoms with Gasteiger partial charge in [0.15, 0.2) is 0 Å². The van der Waals surface area contributed by atoms with E-state index >= 15 is 0 Å². The molecule has 43 heavy (non-hydrogen) atoms. The summed E-state index contributed by atoms with van der Waals surface area (Å²) in [5, 5.41) is 2.66. The summed E-state index contributed by atoms with van der Waals surface area (Å²) in [4.78, 5) is 72.5. The van der Waals surface area contributed by atoms with Crippen LogP contribution in [0.2, 0.25) is 0 Å². The molecule has 0 radical (unpaired) electrons. The van der Waals surface area contributed by atoms with Gasteiger partial charge in [0, 0.05) is 44.3 Å². The van der Waals surface area contributed by atoms with Gasteiger partial charge in [-0.1, -0.05) is 12.1 Å². The second-order valence-electron chi connectivity index (χ2n) is 13.3. The summed E-state index contributed by atoms with van der Waals surface area (Å²) in [5.74, 6) is -0.0841. The molecule has 4 amide bonds. The van der Waals surface area contributed by atoms with Gasteiger partial charge in [-0.05, 0) is 86.1 Å². The summed E-state index contributed by atoms with van der Waals surface area (Å²) < 4.78 is 6.97. The van der Waals surface area contributed by atoms with Crippen LogP contribution in [-0.2, 0) is 20.7 Å². The van der Waals surface area contributed by atoms with Gasteiger partial charge >= 0.3 is 17.8 Å². The predicted molar refractivity (Wildman–Crippen MR) is 163 cm³/mol. The third-order valence-corrected chi connectivity index (χ3v) is 6.89. The Hall–Kier alpha value is -4.22. The van der Waals surface area contributed by atoms with Crippen molar-refractivity contribution in [2.24, 2.45) is 0 Å². The fourth-order valence-corrected chi connectivity index (χ4v) is 5.16. The fourth-order valence-electron chi connectivity index (χ4n) is 5.16. The first-order valence-electron chi connectivity index (χ1n) is 14.4. The largest absolute Gasteiger partial charge is 0.444 e. The van der Waals surface area contributed by atoms with Crippen LogP contribution in [0.5, 0.6) is 0 Å². The highest BCUT2D eigenvalue weighted by Crippen LogP contribution is 2.30. The molecule has 2 heterocycles. The third kappa shape index (κ3) is 8.42. The molecule has 1 fully saturated rings. The molecular weight excluding hydrogens is 552 g/mol. The monoisotopic (exact) mass is 596 g/mol. The van der Waals surface area contributed by atoms with Gasteiger partial charge in [0.1, 0.15) is 22.7 Å². The number of aromatic nitrogens is 2. The summed E-state index contributed by atoms with van der Waals surface area (Å²) in [5.41, 5.74) is -1.75. The van der Waals surface area contributed by atoms with Crippen molar-refractivity contribution in [1.29, 1.82) is 0 Å². The topological polar surface area (TPSA) is 134 Å². The Morgan fingerprint density at radius 3 is 1.93 bits per heavy atom. The molecule has 12 heteroatoms. The summed E-state index contributed by atoms with van der Waals surface area (Å²) in [6.07, 6.45) is 1.27. The van der Waals surface area contributed by atoms with Crippen LogP contribution in [0.15, 0.2) is 41.3 Å². The Labute approximate surface area is 253 Å². The number of rotatable bonds is 6. The van der Waals surface area contributed by atoms with Crippen LogP contribution in [0.1, 0.15) is 67.9 Å². The smallest absolute Gasteiger partial charge is 0.411 e. The van der Waals surface area contributed by atoms with Crippen molar-refractivity contribution in [2.75, 3.05) is 31.5 Å². The van der Waals surface area contributed by atoms with Crippen molar-refractivity contribution in [3.8, 4) is 5.69 Å². The summed E-state index contributed by atoms with van der Waals surface area (Å²) in [6, 6.07) is 8.12. The van der Waals surface area contributed by atoms with Crippen molar-refractivity contribution in [2.45, 2.75) is 85.4 Å². The lowest BCUT2D eigenvalue weighted by Crippen LogP contribution is -2.66. The molecule has 0 saturated carbocycles. The Kier molecular flexibility index (Phi) is 9.72. The standard InChI is InChI=1S/C31H44N6O6/c1-21(38)20-22-10-12-23(13-11-22)36-15-14-24(33-27(36)41)32-26(40)35-18-16-34(17-19-35)25(39)31(8,9)37(29(2,3)4)28(42)43-30(5,6)7/h10-15H,16-20H2,1-9H3,(H,32,33,40,41). The zero-order valence-electron chi connectivity index (χ0n) is 26.7. The van der Waals surface area contributed by atoms with Gasteiger partial charge in [0.2, 0.25) is 5.91 Å². The van der Waals surface area contributed by atoms with Gasteiger partial charge in [-0.15, -0.1) is 0 Å². The predicted octanol–water partition coefficient (Wildman–Crippen LogP) is 3.85. The van der Waals surface area contributed by atoms with Crippen LogP contribution >= 0.6 is 0 Å². The van der Waals surface area contributed by atoms with Crippen molar-refractivity contribution < 1.29 is 23.9 Å². The number of hydrogen-bond donors (Lipinski definition) is 1. The van der Waals surface area contributed by atoms with E-state index < -0.39 is 34.5 Å². The van der Waals surface area contributed by atoms with E-state index in [0.29, 0.717) is 12.1 Å². The molecule has 1 aromatic heterocycles. The summed E-state index contributed by atoms with van der Waals surface area (Å²) >= 11 is 0. The van der Waals surface area contributed by atoms with E-state index in [0.717, 1.165) is 5.56 Å². The highest BCUT2D eigenvalue weighted by atomic mass is 16.6. The van der Waals surface area contributed by atoms with Crippen LogP contribution in [0.3, 0.4) is 0 Å². The minimum Gasteiger partial charge on any atom is -0.444 e. The first-order chi connectivity index (χ1) is 19.8. The van der Waals surface area contributed by atoms with E-state index in [1.54, 1.807) is 68.7 Å². The lowest BCUT2D eigenvalue weighted by atomic mass is 9.93. The molecule has 3 rings (SSSR count). The van der Waals surface area contributed by atoms with Crippen molar-refractivity contribution in [3.05, 3.63) is 52.6 Å². The molecule has 1 N–H and O–H groups in total. The van der Waals surface area contributed by atoms with Crippen LogP contribution in [0.4, 0.5) is 15.4 Å². The number of anilines is 1. The molecule has 1 saturated heterocycles. The van der Waals surface area contributed by atoms with Gasteiger partial charge < -0.3 is 14.5 Å². The average molecular weight is 597 g/mol. The van der Waals surface area contributed by atoms with Gasteiger partial charge in [0.05, 0.1) is 5.69 Å². The SMILES string of the molecule is CC(=O)Cc1ccc(-n2ccc(NC(=O)N3CCN(C(=O)C(C)(C)N(C(=O)OC(C)(C)C)C(C)(C)C)CC3)nc2=O)cc1. The molecule has 1 aromatic carbocycles.